The summed E-state index contributed by atoms with van der Waals surface area (Å²) in [7, 11) is 0. The van der Waals surface area contributed by atoms with E-state index < -0.39 is 11.6 Å². The molecule has 0 aromatic heterocycles. The lowest BCUT2D eigenvalue weighted by molar-refractivity contribution is -0.175. The Balaban J connectivity index is 1.81. The van der Waals surface area contributed by atoms with Crippen molar-refractivity contribution in [1.29, 1.82) is 0 Å². The minimum Gasteiger partial charge on any atom is -0.480 e. The number of hydrogen-bond acceptors (Lipinski definition) is 4. The Morgan fingerprint density at radius 3 is 2.61 bits per heavy atom. The van der Waals surface area contributed by atoms with E-state index in [1.54, 1.807) is 4.90 Å². The molecule has 0 spiro atoms. The summed E-state index contributed by atoms with van der Waals surface area (Å²) < 4.78 is 5.29. The van der Waals surface area contributed by atoms with E-state index in [4.69, 9.17) is 9.84 Å². The fourth-order valence-corrected chi connectivity index (χ4v) is 2.62. The van der Waals surface area contributed by atoms with Crippen molar-refractivity contribution in [3.05, 3.63) is 0 Å². The first-order valence-electron chi connectivity index (χ1n) is 6.26. The summed E-state index contributed by atoms with van der Waals surface area (Å²) in [5.41, 5.74) is -0.497. The zero-order valence-corrected chi connectivity index (χ0v) is 10.8. The van der Waals surface area contributed by atoms with E-state index in [0.29, 0.717) is 19.0 Å². The summed E-state index contributed by atoms with van der Waals surface area (Å²) >= 11 is 0. The van der Waals surface area contributed by atoms with Crippen LogP contribution in [0, 0.1) is 11.8 Å². The van der Waals surface area contributed by atoms with Gasteiger partial charge in [0, 0.05) is 6.54 Å². The average Bonchev–Trinajstić information content (AvgIpc) is 2.68. The molecule has 0 bridgehead atoms. The molecule has 2 heterocycles. The highest BCUT2D eigenvalue weighted by Crippen LogP contribution is 2.28. The molecule has 2 aliphatic heterocycles. The first-order chi connectivity index (χ1) is 8.41. The lowest BCUT2D eigenvalue weighted by atomic mass is 9.90. The number of hydrogen-bond donors (Lipinski definition) is 2. The lowest BCUT2D eigenvalue weighted by Gasteiger charge is -2.48. The Labute approximate surface area is 106 Å². The van der Waals surface area contributed by atoms with Crippen LogP contribution in [0.15, 0.2) is 0 Å². The number of nitrogens with one attached hydrogen (secondary N) is 1. The van der Waals surface area contributed by atoms with Crippen molar-refractivity contribution in [1.82, 2.24) is 10.2 Å². The van der Waals surface area contributed by atoms with Gasteiger partial charge in [0.05, 0.1) is 19.0 Å². The van der Waals surface area contributed by atoms with Crippen LogP contribution in [0.3, 0.4) is 0 Å². The van der Waals surface area contributed by atoms with Crippen LogP contribution in [0.5, 0.6) is 0 Å². The van der Waals surface area contributed by atoms with Gasteiger partial charge in [-0.25, -0.2) is 4.79 Å². The number of likely N-dealkylation sites (tertiary alicyclic amines) is 1. The summed E-state index contributed by atoms with van der Waals surface area (Å²) in [4.78, 5) is 24.4. The highest BCUT2D eigenvalue weighted by Gasteiger charge is 2.45. The molecule has 6 heteroatoms. The number of carboxylic acid groups (broad SMARTS) is 1. The Hall–Kier alpha value is -1.14. The molecule has 0 aromatic carbocycles. The smallest absolute Gasteiger partial charge is 0.329 e. The van der Waals surface area contributed by atoms with E-state index in [0.717, 1.165) is 13.1 Å². The first kappa shape index (κ1) is 13.3. The molecule has 18 heavy (non-hydrogen) atoms. The van der Waals surface area contributed by atoms with Gasteiger partial charge in [-0.3, -0.25) is 4.79 Å². The van der Waals surface area contributed by atoms with Crippen molar-refractivity contribution in [2.75, 3.05) is 32.8 Å². The quantitative estimate of drug-likeness (QED) is 0.712. The number of carbonyl (C=O) groups is 2. The van der Waals surface area contributed by atoms with Crippen LogP contribution < -0.4 is 5.32 Å². The molecule has 0 aliphatic carbocycles. The maximum absolute atomic E-state index is 12.2. The second-order valence-electron chi connectivity index (χ2n) is 5.57. The molecule has 2 aliphatic rings. The van der Waals surface area contributed by atoms with Crippen molar-refractivity contribution in [2.45, 2.75) is 19.4 Å². The molecule has 2 rings (SSSR count). The summed E-state index contributed by atoms with van der Waals surface area (Å²) in [5.74, 6) is -0.406. The number of carbonyl (C=O) groups excluding carboxylic acids is 1. The number of aliphatic carboxylic acids is 1. The van der Waals surface area contributed by atoms with Crippen LogP contribution in [0.2, 0.25) is 0 Å². The maximum Gasteiger partial charge on any atom is 0.329 e. The Morgan fingerprint density at radius 1 is 1.44 bits per heavy atom. The van der Waals surface area contributed by atoms with Gasteiger partial charge in [-0.2, -0.15) is 0 Å². The van der Waals surface area contributed by atoms with Gasteiger partial charge in [-0.05, 0) is 19.4 Å². The average molecular weight is 256 g/mol. The molecule has 2 unspecified atom stereocenters. The van der Waals surface area contributed by atoms with E-state index in [1.807, 2.05) is 6.92 Å². The van der Waals surface area contributed by atoms with E-state index in [2.05, 4.69) is 12.2 Å². The summed E-state index contributed by atoms with van der Waals surface area (Å²) in [6.07, 6.45) is 0. The zero-order valence-electron chi connectivity index (χ0n) is 10.8. The number of carboxylic acids is 1. The molecule has 0 saturated carbocycles. The van der Waals surface area contributed by atoms with E-state index >= 15 is 0 Å². The predicted octanol–water partition coefficient (Wildman–Crippen LogP) is -0.456. The standard InChI is InChI=1S/C12H20N2O4/c1-8-3-13-4-9(8)11(17)14-6-12(2,7-14)18-5-10(15)16/h8-9,13H,3-7H2,1-2H3,(H,15,16). The largest absolute Gasteiger partial charge is 0.480 e. The first-order valence-corrected chi connectivity index (χ1v) is 6.26. The van der Waals surface area contributed by atoms with Gasteiger partial charge in [0.15, 0.2) is 0 Å². The normalized spacial score (nSPS) is 30.0. The third-order valence-electron chi connectivity index (χ3n) is 3.74. The van der Waals surface area contributed by atoms with Crippen LogP contribution in [0.1, 0.15) is 13.8 Å². The van der Waals surface area contributed by atoms with Gasteiger partial charge in [0.2, 0.25) is 5.91 Å². The molecule has 0 radical (unpaired) electrons. The third kappa shape index (κ3) is 2.64. The lowest BCUT2D eigenvalue weighted by Crippen LogP contribution is -2.64. The van der Waals surface area contributed by atoms with Crippen LogP contribution in [-0.2, 0) is 14.3 Å². The zero-order chi connectivity index (χ0) is 13.3. The van der Waals surface area contributed by atoms with E-state index in [-0.39, 0.29) is 18.4 Å². The van der Waals surface area contributed by atoms with Crippen molar-refractivity contribution in [2.24, 2.45) is 11.8 Å². The van der Waals surface area contributed by atoms with Crippen molar-refractivity contribution >= 4 is 11.9 Å². The topological polar surface area (TPSA) is 78.9 Å². The third-order valence-corrected chi connectivity index (χ3v) is 3.74. The van der Waals surface area contributed by atoms with Gasteiger partial charge in [0.1, 0.15) is 12.2 Å². The molecule has 2 N–H and O–H groups in total. The molecule has 0 aromatic rings. The van der Waals surface area contributed by atoms with Crippen LogP contribution in [0.4, 0.5) is 0 Å². The van der Waals surface area contributed by atoms with Gasteiger partial charge >= 0.3 is 5.97 Å². The summed E-state index contributed by atoms with van der Waals surface area (Å²) in [6, 6.07) is 0. The number of nitrogens with zero attached hydrogens (tertiary/aromatic N) is 1. The van der Waals surface area contributed by atoms with Crippen molar-refractivity contribution in [3.8, 4) is 0 Å². The monoisotopic (exact) mass is 256 g/mol. The second-order valence-corrected chi connectivity index (χ2v) is 5.57. The van der Waals surface area contributed by atoms with Gasteiger partial charge < -0.3 is 20.1 Å². The fourth-order valence-electron chi connectivity index (χ4n) is 2.62. The van der Waals surface area contributed by atoms with Crippen molar-refractivity contribution < 1.29 is 19.4 Å². The number of rotatable bonds is 4. The van der Waals surface area contributed by atoms with E-state index in [9.17, 15) is 9.59 Å². The molecular formula is C12H20N2O4. The molecule has 2 saturated heterocycles. The highest BCUT2D eigenvalue weighted by molar-refractivity contribution is 5.81. The molecular weight excluding hydrogens is 236 g/mol. The van der Waals surface area contributed by atoms with Gasteiger partial charge in [-0.1, -0.05) is 6.92 Å². The minimum atomic E-state index is -0.977. The SMILES string of the molecule is CC1CNCC1C(=O)N1CC(C)(OCC(=O)O)C1. The Bertz CT molecular complexity index is 352. The van der Waals surface area contributed by atoms with Crippen molar-refractivity contribution in [3.63, 3.8) is 0 Å². The van der Waals surface area contributed by atoms with Gasteiger partial charge in [-0.15, -0.1) is 0 Å². The molecule has 102 valence electrons. The summed E-state index contributed by atoms with van der Waals surface area (Å²) in [5, 5.41) is 11.8. The molecule has 2 atom stereocenters. The van der Waals surface area contributed by atoms with Crippen LogP contribution in [0.25, 0.3) is 0 Å². The number of amides is 1. The van der Waals surface area contributed by atoms with Crippen LogP contribution in [-0.4, -0.2) is 60.3 Å². The van der Waals surface area contributed by atoms with Gasteiger partial charge in [0.25, 0.3) is 0 Å². The fraction of sp³-hybridized carbons (Fsp3) is 0.833. The maximum atomic E-state index is 12.2. The minimum absolute atomic E-state index is 0.0500. The Morgan fingerprint density at radius 2 is 2.11 bits per heavy atom. The molecule has 2 fully saturated rings. The second kappa shape index (κ2) is 4.85. The predicted molar refractivity (Wildman–Crippen MR) is 64.1 cm³/mol. The van der Waals surface area contributed by atoms with Crippen LogP contribution >= 0.6 is 0 Å². The van der Waals surface area contributed by atoms with E-state index in [1.165, 1.54) is 0 Å². The Kier molecular flexibility index (Phi) is 3.59. The summed E-state index contributed by atoms with van der Waals surface area (Å²) in [6.45, 7) is 6.21. The molecule has 6 nitrogen and oxygen atoms in total. The molecule has 1 amide bonds. The number of ether oxygens (including phenoxy) is 1. The highest BCUT2D eigenvalue weighted by atomic mass is 16.5.